The van der Waals surface area contributed by atoms with Crippen LogP contribution in [0.1, 0.15) is 36.8 Å². The first-order valence-corrected chi connectivity index (χ1v) is 7.91. The van der Waals surface area contributed by atoms with Crippen LogP contribution >= 0.6 is 0 Å². The Hall–Kier alpha value is -2.56. The number of aryl methyl sites for hydroxylation is 1. The van der Waals surface area contributed by atoms with E-state index in [4.69, 9.17) is 4.74 Å². The smallest absolute Gasteiger partial charge is 0.309 e. The average molecular weight is 328 g/mol. The highest BCUT2D eigenvalue weighted by atomic mass is 16.5. The zero-order valence-corrected chi connectivity index (χ0v) is 13.7. The van der Waals surface area contributed by atoms with Crippen molar-refractivity contribution in [1.29, 1.82) is 0 Å². The number of aliphatic carboxylic acids is 2. The van der Waals surface area contributed by atoms with E-state index < -0.39 is 23.3 Å². The average Bonchev–Trinajstić information content (AvgIpc) is 2.55. The molecule has 0 aromatic heterocycles. The lowest BCUT2D eigenvalue weighted by atomic mass is 9.63. The van der Waals surface area contributed by atoms with Crippen molar-refractivity contribution >= 4 is 22.7 Å². The third-order valence-electron chi connectivity index (χ3n) is 5.28. The molecule has 0 bridgehead atoms. The van der Waals surface area contributed by atoms with Crippen molar-refractivity contribution in [3.05, 3.63) is 41.5 Å². The Morgan fingerprint density at radius 1 is 1.25 bits per heavy atom. The Morgan fingerprint density at radius 3 is 2.62 bits per heavy atom. The quantitative estimate of drug-likeness (QED) is 0.898. The van der Waals surface area contributed by atoms with E-state index in [0.717, 1.165) is 27.6 Å². The summed E-state index contributed by atoms with van der Waals surface area (Å²) in [5, 5.41) is 21.0. The minimum Gasteiger partial charge on any atom is -0.497 e. The second kappa shape index (κ2) is 5.82. The number of benzene rings is 2. The molecule has 0 spiro atoms. The number of hydrogen-bond acceptors (Lipinski definition) is 3. The highest BCUT2D eigenvalue weighted by Crippen LogP contribution is 2.49. The highest BCUT2D eigenvalue weighted by molar-refractivity contribution is 5.90. The number of methoxy groups -OCH3 is 1. The van der Waals surface area contributed by atoms with Crippen LogP contribution in [0.3, 0.4) is 0 Å². The molecular weight excluding hydrogens is 308 g/mol. The summed E-state index contributed by atoms with van der Waals surface area (Å²) in [6, 6.07) is 9.57. The predicted molar refractivity (Wildman–Crippen MR) is 89.6 cm³/mol. The number of rotatable bonds is 4. The lowest BCUT2D eigenvalue weighted by Gasteiger charge is -2.39. The Bertz CT molecular complexity index is 826. The van der Waals surface area contributed by atoms with Gasteiger partial charge in [-0.15, -0.1) is 0 Å². The van der Waals surface area contributed by atoms with Gasteiger partial charge in [-0.05, 0) is 53.8 Å². The molecule has 0 unspecified atom stereocenters. The van der Waals surface area contributed by atoms with E-state index in [0.29, 0.717) is 12.8 Å². The molecule has 0 saturated heterocycles. The first-order valence-electron chi connectivity index (χ1n) is 7.91. The van der Waals surface area contributed by atoms with Crippen LogP contribution in [0.25, 0.3) is 10.8 Å². The molecule has 0 radical (unpaired) electrons. The van der Waals surface area contributed by atoms with E-state index in [1.807, 2.05) is 30.3 Å². The van der Waals surface area contributed by atoms with Gasteiger partial charge in [-0.3, -0.25) is 9.59 Å². The highest BCUT2D eigenvalue weighted by Gasteiger charge is 2.46. The Balaban J connectivity index is 2.19. The second-order valence-electron chi connectivity index (χ2n) is 6.59. The lowest BCUT2D eigenvalue weighted by Crippen LogP contribution is -2.39. The van der Waals surface area contributed by atoms with Crippen molar-refractivity contribution in [3.63, 3.8) is 0 Å². The van der Waals surface area contributed by atoms with Crippen LogP contribution in [0.15, 0.2) is 30.3 Å². The molecular formula is C19H20O5. The number of carboxylic acid groups (broad SMARTS) is 2. The van der Waals surface area contributed by atoms with E-state index in [2.05, 4.69) is 0 Å². The third kappa shape index (κ3) is 2.50. The van der Waals surface area contributed by atoms with Gasteiger partial charge in [-0.25, -0.2) is 0 Å². The molecule has 0 heterocycles. The zero-order chi connectivity index (χ0) is 17.5. The minimum atomic E-state index is -1.06. The molecule has 2 N–H and O–H groups in total. The largest absolute Gasteiger partial charge is 0.497 e. The van der Waals surface area contributed by atoms with Gasteiger partial charge >= 0.3 is 11.9 Å². The molecule has 3 rings (SSSR count). The van der Waals surface area contributed by atoms with Gasteiger partial charge in [0.25, 0.3) is 0 Å². The van der Waals surface area contributed by atoms with E-state index in [-0.39, 0.29) is 6.42 Å². The Kier molecular flexibility index (Phi) is 3.95. The molecule has 2 aromatic carbocycles. The van der Waals surface area contributed by atoms with Crippen molar-refractivity contribution in [1.82, 2.24) is 0 Å². The van der Waals surface area contributed by atoms with Gasteiger partial charge in [0.15, 0.2) is 0 Å². The van der Waals surface area contributed by atoms with Crippen molar-refractivity contribution in [2.75, 3.05) is 7.11 Å². The van der Waals surface area contributed by atoms with Crippen LogP contribution in [0.4, 0.5) is 0 Å². The van der Waals surface area contributed by atoms with E-state index in [1.54, 1.807) is 14.0 Å². The number of carboxylic acids is 2. The van der Waals surface area contributed by atoms with Gasteiger partial charge in [0.05, 0.1) is 18.9 Å². The van der Waals surface area contributed by atoms with Crippen molar-refractivity contribution < 1.29 is 24.5 Å². The molecule has 5 nitrogen and oxygen atoms in total. The molecule has 1 aliphatic carbocycles. The van der Waals surface area contributed by atoms with Gasteiger partial charge in [0, 0.05) is 5.92 Å². The van der Waals surface area contributed by atoms with Gasteiger partial charge in [0.1, 0.15) is 5.75 Å². The van der Waals surface area contributed by atoms with Gasteiger partial charge in [-0.2, -0.15) is 0 Å². The van der Waals surface area contributed by atoms with Crippen molar-refractivity contribution in [2.24, 2.45) is 5.41 Å². The second-order valence-corrected chi connectivity index (χ2v) is 6.59. The van der Waals surface area contributed by atoms with Gasteiger partial charge < -0.3 is 14.9 Å². The molecule has 2 atom stereocenters. The molecule has 0 saturated carbocycles. The zero-order valence-electron chi connectivity index (χ0n) is 13.7. The normalized spacial score (nSPS) is 22.8. The van der Waals surface area contributed by atoms with Crippen LogP contribution in [-0.2, 0) is 16.0 Å². The molecule has 126 valence electrons. The van der Waals surface area contributed by atoms with Gasteiger partial charge in [-0.1, -0.05) is 18.2 Å². The summed E-state index contributed by atoms with van der Waals surface area (Å²) in [5.41, 5.74) is 0.831. The molecule has 0 fully saturated rings. The molecule has 5 heteroatoms. The summed E-state index contributed by atoms with van der Waals surface area (Å²) in [5.74, 6) is -1.69. The maximum absolute atomic E-state index is 11.8. The summed E-state index contributed by atoms with van der Waals surface area (Å²) >= 11 is 0. The maximum Gasteiger partial charge on any atom is 0.309 e. The number of fused-ring (bicyclic) bond motifs is 3. The van der Waals surface area contributed by atoms with Crippen LogP contribution in [0, 0.1) is 5.41 Å². The fourth-order valence-electron chi connectivity index (χ4n) is 3.79. The summed E-state index contributed by atoms with van der Waals surface area (Å²) in [6.45, 7) is 1.66. The lowest BCUT2D eigenvalue weighted by molar-refractivity contribution is -0.151. The molecule has 24 heavy (non-hydrogen) atoms. The summed E-state index contributed by atoms with van der Waals surface area (Å²) in [6.07, 6.45) is 0.869. The summed E-state index contributed by atoms with van der Waals surface area (Å²) in [7, 11) is 1.61. The topological polar surface area (TPSA) is 83.8 Å². The van der Waals surface area contributed by atoms with E-state index in [1.165, 1.54) is 0 Å². The Labute approximate surface area is 139 Å². The van der Waals surface area contributed by atoms with Crippen molar-refractivity contribution in [3.8, 4) is 5.75 Å². The van der Waals surface area contributed by atoms with Crippen molar-refractivity contribution in [2.45, 2.75) is 32.1 Å². The molecule has 0 amide bonds. The minimum absolute atomic E-state index is 0.183. The maximum atomic E-state index is 11.8. The summed E-state index contributed by atoms with van der Waals surface area (Å²) < 4.78 is 5.25. The first kappa shape index (κ1) is 16.3. The fourth-order valence-corrected chi connectivity index (χ4v) is 3.79. The fraction of sp³-hybridized carbons (Fsp3) is 0.368. The SMILES string of the molecule is COc1ccc2c3c(ccc2c1)[C@@H](CC(=O)O)[C@@](C)(C(=O)O)CC3. The van der Waals surface area contributed by atoms with Crippen LogP contribution < -0.4 is 4.74 Å². The monoisotopic (exact) mass is 328 g/mol. The van der Waals surface area contributed by atoms with Crippen LogP contribution in [0.5, 0.6) is 5.75 Å². The van der Waals surface area contributed by atoms with E-state index >= 15 is 0 Å². The first-order chi connectivity index (χ1) is 11.4. The van der Waals surface area contributed by atoms with Crippen LogP contribution in [-0.4, -0.2) is 29.3 Å². The molecule has 1 aliphatic rings. The molecule has 2 aromatic rings. The Morgan fingerprint density at radius 2 is 2.00 bits per heavy atom. The van der Waals surface area contributed by atoms with Gasteiger partial charge in [0.2, 0.25) is 0 Å². The number of carbonyl (C=O) groups is 2. The van der Waals surface area contributed by atoms with Crippen LogP contribution in [0.2, 0.25) is 0 Å². The molecule has 0 aliphatic heterocycles. The standard InChI is InChI=1S/C19H20O5/c1-19(18(22)23)8-7-14-13-6-4-12(24-2)9-11(13)3-5-15(14)16(19)10-17(20)21/h3-6,9,16H,7-8,10H2,1-2H3,(H,20,21)(H,22,23)/t16-,19+/m1/s1. The third-order valence-corrected chi connectivity index (χ3v) is 5.28. The predicted octanol–water partition coefficient (Wildman–Crippen LogP) is 3.44. The number of hydrogen-bond donors (Lipinski definition) is 2. The van der Waals surface area contributed by atoms with E-state index in [9.17, 15) is 19.8 Å². The number of ether oxygens (including phenoxy) is 1. The summed E-state index contributed by atoms with van der Waals surface area (Å²) in [4.78, 5) is 23.1.